The molecule has 1 aliphatic rings. The fourth-order valence-corrected chi connectivity index (χ4v) is 1.92. The minimum atomic E-state index is 0.934. The highest BCUT2D eigenvalue weighted by atomic mass is 32.2. The van der Waals surface area contributed by atoms with Crippen LogP contribution in [0.3, 0.4) is 0 Å². The second-order valence-electron chi connectivity index (χ2n) is 2.15. The van der Waals surface area contributed by atoms with Crippen molar-refractivity contribution in [3.8, 4) is 0 Å². The molecule has 46 valence electrons. The molecule has 1 aliphatic heterocycles. The Balaban J connectivity index is 2.65. The minimum Gasteiger partial charge on any atom is -0.398 e. The number of fused-ring (bicyclic) bond motifs is 2. The number of hydrogen-bond acceptors (Lipinski definition) is 2. The predicted molar refractivity (Wildman–Crippen MR) is 40.4 cm³/mol. The summed E-state index contributed by atoms with van der Waals surface area (Å²) >= 11 is 1.85. The van der Waals surface area contributed by atoms with Crippen LogP contribution in [0.15, 0.2) is 23.1 Å². The second-order valence-corrected chi connectivity index (χ2v) is 3.20. The zero-order valence-corrected chi connectivity index (χ0v) is 5.74. The van der Waals surface area contributed by atoms with Crippen LogP contribution >= 0.6 is 11.8 Å². The Bertz CT molecular complexity index is 245. The van der Waals surface area contributed by atoms with Gasteiger partial charge in [0.15, 0.2) is 0 Å². The van der Waals surface area contributed by atoms with Crippen LogP contribution in [0, 0.1) is 0 Å². The van der Waals surface area contributed by atoms with E-state index in [4.69, 9.17) is 5.73 Å². The van der Waals surface area contributed by atoms with E-state index >= 15 is 0 Å². The molecule has 0 saturated carbocycles. The van der Waals surface area contributed by atoms with Gasteiger partial charge < -0.3 is 5.73 Å². The molecular weight excluding hydrogens is 130 g/mol. The van der Waals surface area contributed by atoms with Gasteiger partial charge >= 0.3 is 0 Å². The van der Waals surface area contributed by atoms with E-state index in [1.54, 1.807) is 0 Å². The topological polar surface area (TPSA) is 26.0 Å². The molecule has 0 saturated heterocycles. The van der Waals surface area contributed by atoms with Crippen molar-refractivity contribution >= 4 is 17.4 Å². The number of anilines is 1. The van der Waals surface area contributed by atoms with Crippen molar-refractivity contribution in [2.24, 2.45) is 0 Å². The predicted octanol–water partition coefficient (Wildman–Crippen LogP) is 1.87. The van der Waals surface area contributed by atoms with E-state index in [9.17, 15) is 0 Å². The molecular formula is C7H7NS. The Hall–Kier alpha value is -0.630. The van der Waals surface area contributed by atoms with Crippen LogP contribution < -0.4 is 5.73 Å². The molecule has 0 amide bonds. The van der Waals surface area contributed by atoms with Crippen LogP contribution in [-0.4, -0.2) is 0 Å². The summed E-state index contributed by atoms with van der Waals surface area (Å²) in [5.74, 6) is 1.06. The third-order valence-corrected chi connectivity index (χ3v) is 2.55. The van der Waals surface area contributed by atoms with Crippen LogP contribution in [0.2, 0.25) is 0 Å². The summed E-state index contributed by atoms with van der Waals surface area (Å²) in [4.78, 5) is 1.35. The third-order valence-electron chi connectivity index (χ3n) is 1.51. The number of rotatable bonds is 0. The van der Waals surface area contributed by atoms with E-state index < -0.39 is 0 Å². The first-order valence-electron chi connectivity index (χ1n) is 2.87. The Morgan fingerprint density at radius 2 is 2.33 bits per heavy atom. The van der Waals surface area contributed by atoms with Crippen molar-refractivity contribution < 1.29 is 0 Å². The zero-order valence-electron chi connectivity index (χ0n) is 4.92. The van der Waals surface area contributed by atoms with Crippen molar-refractivity contribution in [3.05, 3.63) is 23.8 Å². The first-order valence-corrected chi connectivity index (χ1v) is 3.86. The Kier molecular flexibility index (Phi) is 0.963. The van der Waals surface area contributed by atoms with Crippen LogP contribution in [0.25, 0.3) is 0 Å². The van der Waals surface area contributed by atoms with E-state index in [-0.39, 0.29) is 0 Å². The maximum Gasteiger partial charge on any atom is 0.0355 e. The molecule has 0 radical (unpaired) electrons. The van der Waals surface area contributed by atoms with Gasteiger partial charge in [0.1, 0.15) is 0 Å². The van der Waals surface area contributed by atoms with Gasteiger partial charge in [0.25, 0.3) is 0 Å². The van der Waals surface area contributed by atoms with Crippen molar-refractivity contribution in [2.45, 2.75) is 10.6 Å². The van der Waals surface area contributed by atoms with Crippen molar-refractivity contribution in [2.75, 3.05) is 5.73 Å². The van der Waals surface area contributed by atoms with Crippen molar-refractivity contribution in [1.82, 2.24) is 0 Å². The number of benzene rings is 1. The molecule has 0 aromatic heterocycles. The van der Waals surface area contributed by atoms with Gasteiger partial charge in [-0.15, -0.1) is 11.8 Å². The monoisotopic (exact) mass is 137 g/mol. The molecule has 0 aliphatic carbocycles. The van der Waals surface area contributed by atoms with E-state index in [2.05, 4.69) is 12.1 Å². The van der Waals surface area contributed by atoms with Crippen LogP contribution in [0.5, 0.6) is 0 Å². The lowest BCUT2D eigenvalue weighted by Crippen LogP contribution is -1.86. The van der Waals surface area contributed by atoms with Gasteiger partial charge in [-0.2, -0.15) is 0 Å². The van der Waals surface area contributed by atoms with Crippen LogP contribution in [0.1, 0.15) is 5.56 Å². The van der Waals surface area contributed by atoms with E-state index in [0.717, 1.165) is 11.4 Å². The standard InChI is InChI=1S/C7H7NS/c8-7-2-1-6-3-5(7)4-9-6/h1-3H,4,8H2. The molecule has 2 N–H and O–H groups in total. The van der Waals surface area contributed by atoms with Crippen LogP contribution in [-0.2, 0) is 5.75 Å². The summed E-state index contributed by atoms with van der Waals surface area (Å²) in [6.07, 6.45) is 0. The molecule has 1 aromatic carbocycles. The van der Waals surface area contributed by atoms with E-state index in [1.807, 2.05) is 17.8 Å². The lowest BCUT2D eigenvalue weighted by Gasteiger charge is -1.92. The van der Waals surface area contributed by atoms with Gasteiger partial charge in [-0.1, -0.05) is 0 Å². The highest BCUT2D eigenvalue weighted by molar-refractivity contribution is 7.98. The highest BCUT2D eigenvalue weighted by Gasteiger charge is 2.08. The van der Waals surface area contributed by atoms with Gasteiger partial charge in [-0.3, -0.25) is 0 Å². The van der Waals surface area contributed by atoms with Crippen molar-refractivity contribution in [1.29, 1.82) is 0 Å². The summed E-state index contributed by atoms with van der Waals surface area (Å²) in [5.41, 5.74) is 7.87. The fourth-order valence-electron chi connectivity index (χ4n) is 0.958. The van der Waals surface area contributed by atoms with E-state index in [0.29, 0.717) is 0 Å². The first-order chi connectivity index (χ1) is 4.36. The number of thioether (sulfide) groups is 1. The lowest BCUT2D eigenvalue weighted by molar-refractivity contribution is 1.41. The average molecular weight is 137 g/mol. The molecule has 9 heavy (non-hydrogen) atoms. The highest BCUT2D eigenvalue weighted by Crippen LogP contribution is 2.34. The summed E-state index contributed by atoms with van der Waals surface area (Å²) in [6.45, 7) is 0. The van der Waals surface area contributed by atoms with Gasteiger partial charge in [-0.05, 0) is 23.8 Å². The Morgan fingerprint density at radius 3 is 3.11 bits per heavy atom. The smallest absolute Gasteiger partial charge is 0.0355 e. The quantitative estimate of drug-likeness (QED) is 0.552. The number of nitrogen functional groups attached to an aromatic ring is 1. The maximum absolute atomic E-state index is 5.65. The summed E-state index contributed by atoms with van der Waals surface area (Å²) in [7, 11) is 0. The van der Waals surface area contributed by atoms with Gasteiger partial charge in [0.2, 0.25) is 0 Å². The summed E-state index contributed by atoms with van der Waals surface area (Å²) in [5, 5.41) is 0. The molecule has 2 rings (SSSR count). The van der Waals surface area contributed by atoms with E-state index in [1.165, 1.54) is 10.5 Å². The third kappa shape index (κ3) is 0.704. The average Bonchev–Trinajstić information content (AvgIpc) is 2.25. The normalized spacial score (nSPS) is 14.2. The largest absolute Gasteiger partial charge is 0.398 e. The van der Waals surface area contributed by atoms with Gasteiger partial charge in [0, 0.05) is 16.3 Å². The van der Waals surface area contributed by atoms with Crippen molar-refractivity contribution in [3.63, 3.8) is 0 Å². The SMILES string of the molecule is Nc1ccc2cc1CS2. The lowest BCUT2D eigenvalue weighted by atomic mass is 10.2. The molecule has 0 spiro atoms. The first kappa shape index (κ1) is 5.18. The number of hydrogen-bond donors (Lipinski definition) is 1. The maximum atomic E-state index is 5.65. The zero-order chi connectivity index (χ0) is 6.27. The van der Waals surface area contributed by atoms with Gasteiger partial charge in [-0.25, -0.2) is 0 Å². The molecule has 1 nitrogen and oxygen atoms in total. The molecule has 0 unspecified atom stereocenters. The molecule has 2 heteroatoms. The second kappa shape index (κ2) is 1.67. The summed E-state index contributed by atoms with van der Waals surface area (Å²) < 4.78 is 0. The molecule has 0 atom stereocenters. The Labute approximate surface area is 58.3 Å². The molecule has 2 bridgehead atoms. The summed E-state index contributed by atoms with van der Waals surface area (Å²) in [6, 6.07) is 6.20. The number of nitrogens with two attached hydrogens (primary N) is 1. The van der Waals surface area contributed by atoms with Gasteiger partial charge in [0.05, 0.1) is 0 Å². The fraction of sp³-hybridized carbons (Fsp3) is 0.143. The van der Waals surface area contributed by atoms with Crippen LogP contribution in [0.4, 0.5) is 5.69 Å². The minimum absolute atomic E-state index is 0.934. The molecule has 0 fully saturated rings. The Morgan fingerprint density at radius 1 is 1.44 bits per heavy atom. The molecule has 1 heterocycles. The molecule has 1 aromatic rings.